The first-order valence-corrected chi connectivity index (χ1v) is 4.82. The van der Waals surface area contributed by atoms with Gasteiger partial charge in [-0.25, -0.2) is 0 Å². The summed E-state index contributed by atoms with van der Waals surface area (Å²) in [6, 6.07) is 0.260. The first-order valence-electron chi connectivity index (χ1n) is 4.82. The third-order valence-electron chi connectivity index (χ3n) is 3.03. The van der Waals surface area contributed by atoms with Crippen LogP contribution in [0.3, 0.4) is 0 Å². The van der Waals surface area contributed by atoms with Gasteiger partial charge < -0.3 is 5.43 Å². The number of fused-ring (bicyclic) bond motifs is 1. The molecule has 0 aromatic rings. The normalized spacial score (nSPS) is 36.5. The summed E-state index contributed by atoms with van der Waals surface area (Å²) < 4.78 is 0. The van der Waals surface area contributed by atoms with Gasteiger partial charge in [0, 0.05) is 12.1 Å². The number of Topliss-reactive ketones (excluding diaryl/α,β-unsaturated/α-hetero) is 1. The molecule has 13 heavy (non-hydrogen) atoms. The van der Waals surface area contributed by atoms with E-state index in [4.69, 9.17) is 0 Å². The number of hydrogen-bond acceptors (Lipinski definition) is 3. The minimum atomic E-state index is 0.0630. The summed E-state index contributed by atoms with van der Waals surface area (Å²) in [4.78, 5) is 11.8. The fourth-order valence-corrected chi connectivity index (χ4v) is 2.49. The molecule has 0 aromatic heterocycles. The fraction of sp³-hybridized carbons (Fsp3) is 0.800. The molecule has 1 aliphatic carbocycles. The Morgan fingerprint density at radius 3 is 2.92 bits per heavy atom. The second-order valence-corrected chi connectivity index (χ2v) is 4.98. The van der Waals surface area contributed by atoms with Gasteiger partial charge in [-0.3, -0.25) is 4.79 Å². The molecule has 0 aromatic carbocycles. The first-order chi connectivity index (χ1) is 5.99. The SMILES string of the molecule is CC1=NNC2CC(C)(C)CC(=O)C12. The summed E-state index contributed by atoms with van der Waals surface area (Å²) in [5.74, 6) is 0.417. The molecule has 3 nitrogen and oxygen atoms in total. The van der Waals surface area contributed by atoms with Crippen molar-refractivity contribution >= 4 is 11.5 Å². The van der Waals surface area contributed by atoms with E-state index in [2.05, 4.69) is 24.4 Å². The molecule has 2 aliphatic rings. The molecule has 1 fully saturated rings. The van der Waals surface area contributed by atoms with Gasteiger partial charge in [-0.2, -0.15) is 5.10 Å². The molecular weight excluding hydrogens is 164 g/mol. The maximum absolute atomic E-state index is 11.8. The molecule has 1 aliphatic heterocycles. The summed E-state index contributed by atoms with van der Waals surface area (Å²) in [6.45, 7) is 6.24. The minimum absolute atomic E-state index is 0.0630. The number of hydrogen-bond donors (Lipinski definition) is 1. The number of hydrazone groups is 1. The fourth-order valence-electron chi connectivity index (χ4n) is 2.49. The lowest BCUT2D eigenvalue weighted by molar-refractivity contribution is -0.126. The lowest BCUT2D eigenvalue weighted by Crippen LogP contribution is -2.44. The van der Waals surface area contributed by atoms with Crippen LogP contribution in [0.15, 0.2) is 5.10 Å². The second-order valence-electron chi connectivity index (χ2n) is 4.98. The van der Waals surface area contributed by atoms with Crippen LogP contribution in [-0.2, 0) is 4.79 Å². The van der Waals surface area contributed by atoms with Crippen LogP contribution in [0, 0.1) is 11.3 Å². The van der Waals surface area contributed by atoms with E-state index in [1.807, 2.05) is 6.92 Å². The zero-order chi connectivity index (χ0) is 9.64. The van der Waals surface area contributed by atoms with Crippen LogP contribution >= 0.6 is 0 Å². The molecule has 72 valence electrons. The zero-order valence-electron chi connectivity index (χ0n) is 8.42. The van der Waals surface area contributed by atoms with Crippen molar-refractivity contribution in [2.24, 2.45) is 16.4 Å². The topological polar surface area (TPSA) is 41.5 Å². The molecule has 1 heterocycles. The van der Waals surface area contributed by atoms with Crippen LogP contribution in [0.5, 0.6) is 0 Å². The number of ketones is 1. The molecule has 0 amide bonds. The predicted octanol–water partition coefficient (Wildman–Crippen LogP) is 1.34. The Morgan fingerprint density at radius 1 is 1.54 bits per heavy atom. The van der Waals surface area contributed by atoms with Crippen molar-refractivity contribution < 1.29 is 4.79 Å². The smallest absolute Gasteiger partial charge is 0.144 e. The lowest BCUT2D eigenvalue weighted by atomic mass is 9.69. The maximum Gasteiger partial charge on any atom is 0.144 e. The molecule has 3 heteroatoms. The summed E-state index contributed by atoms with van der Waals surface area (Å²) in [7, 11) is 0. The minimum Gasteiger partial charge on any atom is -0.306 e. The van der Waals surface area contributed by atoms with Crippen molar-refractivity contribution in [2.75, 3.05) is 0 Å². The third kappa shape index (κ3) is 1.36. The Hall–Kier alpha value is -0.860. The van der Waals surface area contributed by atoms with Gasteiger partial charge in [0.05, 0.1) is 12.0 Å². The van der Waals surface area contributed by atoms with Crippen LogP contribution in [0.2, 0.25) is 0 Å². The van der Waals surface area contributed by atoms with E-state index in [9.17, 15) is 4.79 Å². The molecular formula is C10H16N2O. The Balaban J connectivity index is 2.22. The Bertz CT molecular complexity index is 281. The number of nitrogens with zero attached hydrogens (tertiary/aromatic N) is 1. The Morgan fingerprint density at radius 2 is 2.23 bits per heavy atom. The van der Waals surface area contributed by atoms with Crippen LogP contribution in [0.25, 0.3) is 0 Å². The van der Waals surface area contributed by atoms with E-state index in [0.717, 1.165) is 12.1 Å². The highest BCUT2D eigenvalue weighted by molar-refractivity contribution is 6.06. The third-order valence-corrected chi connectivity index (χ3v) is 3.03. The summed E-state index contributed by atoms with van der Waals surface area (Å²) >= 11 is 0. The van der Waals surface area contributed by atoms with Crippen molar-refractivity contribution in [3.63, 3.8) is 0 Å². The van der Waals surface area contributed by atoms with Crippen LogP contribution in [0.4, 0.5) is 0 Å². The molecule has 0 saturated heterocycles. The standard InChI is InChI=1S/C10H16N2O/c1-6-9-7(12-11-6)4-10(2,3)5-8(9)13/h7,9,12H,4-5H2,1-3H3. The highest BCUT2D eigenvalue weighted by Gasteiger charge is 2.44. The zero-order valence-corrected chi connectivity index (χ0v) is 8.42. The first kappa shape index (κ1) is 8.73. The molecule has 0 radical (unpaired) electrons. The molecule has 2 rings (SSSR count). The second kappa shape index (κ2) is 2.56. The van der Waals surface area contributed by atoms with E-state index in [0.29, 0.717) is 12.2 Å². The molecule has 1 saturated carbocycles. The van der Waals surface area contributed by atoms with Gasteiger partial charge in [0.25, 0.3) is 0 Å². The van der Waals surface area contributed by atoms with Crippen LogP contribution in [0.1, 0.15) is 33.6 Å². The van der Waals surface area contributed by atoms with Crippen molar-refractivity contribution in [2.45, 2.75) is 39.7 Å². The van der Waals surface area contributed by atoms with Crippen molar-refractivity contribution in [1.29, 1.82) is 0 Å². The van der Waals surface area contributed by atoms with Gasteiger partial charge in [-0.1, -0.05) is 13.8 Å². The van der Waals surface area contributed by atoms with E-state index in [1.165, 1.54) is 0 Å². The van der Waals surface area contributed by atoms with Crippen LogP contribution in [-0.4, -0.2) is 17.5 Å². The molecule has 2 unspecified atom stereocenters. The number of nitrogens with one attached hydrogen (secondary N) is 1. The van der Waals surface area contributed by atoms with Gasteiger partial charge in [0.2, 0.25) is 0 Å². The number of rotatable bonds is 0. The van der Waals surface area contributed by atoms with Gasteiger partial charge in [-0.05, 0) is 18.8 Å². The molecule has 0 spiro atoms. The van der Waals surface area contributed by atoms with Crippen molar-refractivity contribution in [1.82, 2.24) is 5.43 Å². The predicted molar refractivity (Wildman–Crippen MR) is 51.5 cm³/mol. The Kier molecular flexibility index (Phi) is 1.72. The monoisotopic (exact) mass is 180 g/mol. The largest absolute Gasteiger partial charge is 0.306 e. The summed E-state index contributed by atoms with van der Waals surface area (Å²) in [6.07, 6.45) is 1.74. The molecule has 2 atom stereocenters. The van der Waals surface area contributed by atoms with Gasteiger partial charge in [0.1, 0.15) is 5.78 Å². The van der Waals surface area contributed by atoms with Crippen molar-refractivity contribution in [3.05, 3.63) is 0 Å². The maximum atomic E-state index is 11.8. The number of carbonyl (C=O) groups is 1. The quantitative estimate of drug-likeness (QED) is 0.611. The van der Waals surface area contributed by atoms with E-state index >= 15 is 0 Å². The summed E-state index contributed by atoms with van der Waals surface area (Å²) in [5, 5.41) is 4.14. The van der Waals surface area contributed by atoms with Gasteiger partial charge in [0.15, 0.2) is 0 Å². The molecule has 1 N–H and O–H groups in total. The highest BCUT2D eigenvalue weighted by Crippen LogP contribution is 2.38. The van der Waals surface area contributed by atoms with Gasteiger partial charge >= 0.3 is 0 Å². The highest BCUT2D eigenvalue weighted by atomic mass is 16.1. The van der Waals surface area contributed by atoms with Crippen molar-refractivity contribution in [3.8, 4) is 0 Å². The van der Waals surface area contributed by atoms with E-state index in [-0.39, 0.29) is 17.4 Å². The van der Waals surface area contributed by atoms with E-state index in [1.54, 1.807) is 0 Å². The lowest BCUT2D eigenvalue weighted by Gasteiger charge is -2.35. The number of carbonyl (C=O) groups excluding carboxylic acids is 1. The molecule has 0 bridgehead atoms. The van der Waals surface area contributed by atoms with Crippen LogP contribution < -0.4 is 5.43 Å². The average molecular weight is 180 g/mol. The van der Waals surface area contributed by atoms with E-state index < -0.39 is 0 Å². The van der Waals surface area contributed by atoms with Gasteiger partial charge in [-0.15, -0.1) is 0 Å². The Labute approximate surface area is 78.6 Å². The summed E-state index contributed by atoms with van der Waals surface area (Å²) in [5.41, 5.74) is 4.17. The average Bonchev–Trinajstić information content (AvgIpc) is 2.28.